The molecule has 0 amide bonds. The second kappa shape index (κ2) is 7.24. The molecule has 0 aromatic rings. The van der Waals surface area contributed by atoms with E-state index in [2.05, 4.69) is 30.7 Å². The Morgan fingerprint density at radius 1 is 1.20 bits per heavy atom. The van der Waals surface area contributed by atoms with Crippen molar-refractivity contribution >= 4 is 0 Å². The van der Waals surface area contributed by atoms with Crippen LogP contribution in [-0.2, 0) is 0 Å². The summed E-state index contributed by atoms with van der Waals surface area (Å²) in [4.78, 5) is 5.28. The number of nitrogens with zero attached hydrogens (tertiary/aromatic N) is 2. The number of hydrogen-bond donors (Lipinski definition) is 1. The molecule has 3 nitrogen and oxygen atoms in total. The lowest BCUT2D eigenvalue weighted by Crippen LogP contribution is -2.55. The summed E-state index contributed by atoms with van der Waals surface area (Å²) >= 11 is 0. The Balaban J connectivity index is 1.98. The van der Waals surface area contributed by atoms with E-state index in [4.69, 9.17) is 5.73 Å². The average molecular weight is 281 g/mol. The summed E-state index contributed by atoms with van der Waals surface area (Å²) in [5.41, 5.74) is 6.51. The number of hydrogen-bond acceptors (Lipinski definition) is 3. The first-order valence-electron chi connectivity index (χ1n) is 8.76. The van der Waals surface area contributed by atoms with Gasteiger partial charge in [0.15, 0.2) is 0 Å². The van der Waals surface area contributed by atoms with E-state index in [-0.39, 0.29) is 5.54 Å². The van der Waals surface area contributed by atoms with Gasteiger partial charge in [0, 0.05) is 24.7 Å². The highest BCUT2D eigenvalue weighted by atomic mass is 15.3. The Labute approximate surface area is 125 Å². The summed E-state index contributed by atoms with van der Waals surface area (Å²) in [7, 11) is 2.33. The van der Waals surface area contributed by atoms with Crippen LogP contribution in [0.1, 0.15) is 58.8 Å². The Kier molecular flexibility index (Phi) is 5.88. The van der Waals surface area contributed by atoms with Crippen LogP contribution in [0, 0.1) is 5.92 Å². The maximum absolute atomic E-state index is 6.24. The fraction of sp³-hybridized carbons (Fsp3) is 1.00. The van der Waals surface area contributed by atoms with Gasteiger partial charge in [-0.25, -0.2) is 0 Å². The molecular formula is C17H35N3. The van der Waals surface area contributed by atoms with Gasteiger partial charge in [-0.05, 0) is 58.2 Å². The molecule has 0 radical (unpaired) electrons. The molecule has 2 N–H and O–H groups in total. The summed E-state index contributed by atoms with van der Waals surface area (Å²) < 4.78 is 0. The van der Waals surface area contributed by atoms with Crippen LogP contribution in [0.25, 0.3) is 0 Å². The highest BCUT2D eigenvalue weighted by Gasteiger charge is 2.37. The van der Waals surface area contributed by atoms with Gasteiger partial charge < -0.3 is 5.73 Å². The lowest BCUT2D eigenvalue weighted by molar-refractivity contribution is 0.0764. The van der Waals surface area contributed by atoms with E-state index in [1.165, 1.54) is 64.6 Å². The van der Waals surface area contributed by atoms with E-state index in [9.17, 15) is 0 Å². The first-order chi connectivity index (χ1) is 9.61. The molecule has 2 fully saturated rings. The first-order valence-corrected chi connectivity index (χ1v) is 8.76. The van der Waals surface area contributed by atoms with Crippen LogP contribution in [0.3, 0.4) is 0 Å². The smallest absolute Gasteiger partial charge is 0.0329 e. The quantitative estimate of drug-likeness (QED) is 0.787. The summed E-state index contributed by atoms with van der Waals surface area (Å²) in [5.74, 6) is 0.885. The molecule has 0 aromatic heterocycles. The van der Waals surface area contributed by atoms with E-state index in [1.807, 2.05) is 0 Å². The third kappa shape index (κ3) is 3.55. The van der Waals surface area contributed by atoms with E-state index >= 15 is 0 Å². The summed E-state index contributed by atoms with van der Waals surface area (Å²) in [6.07, 6.45) is 9.42. The highest BCUT2D eigenvalue weighted by molar-refractivity contribution is 4.95. The summed E-state index contributed by atoms with van der Waals surface area (Å²) in [5, 5.41) is 0. The second-order valence-electron chi connectivity index (χ2n) is 7.27. The van der Waals surface area contributed by atoms with Crippen molar-refractivity contribution in [2.24, 2.45) is 11.7 Å². The molecular weight excluding hydrogens is 246 g/mol. The highest BCUT2D eigenvalue weighted by Crippen LogP contribution is 2.34. The number of likely N-dealkylation sites (N-methyl/N-ethyl adjacent to an activating group) is 2. The van der Waals surface area contributed by atoms with Gasteiger partial charge in [-0.2, -0.15) is 0 Å². The predicted molar refractivity (Wildman–Crippen MR) is 86.9 cm³/mol. The van der Waals surface area contributed by atoms with Crippen LogP contribution >= 0.6 is 0 Å². The maximum atomic E-state index is 6.24. The van der Waals surface area contributed by atoms with Crippen molar-refractivity contribution in [1.82, 2.24) is 9.80 Å². The van der Waals surface area contributed by atoms with Gasteiger partial charge in [0.2, 0.25) is 0 Å². The normalized spacial score (nSPS) is 36.5. The molecule has 3 unspecified atom stereocenters. The third-order valence-electron chi connectivity index (χ3n) is 6.02. The minimum atomic E-state index is 0.271. The third-order valence-corrected chi connectivity index (χ3v) is 6.02. The van der Waals surface area contributed by atoms with Gasteiger partial charge in [0.25, 0.3) is 0 Å². The molecule has 3 atom stereocenters. The van der Waals surface area contributed by atoms with Gasteiger partial charge in [0.1, 0.15) is 0 Å². The Hall–Kier alpha value is -0.120. The van der Waals surface area contributed by atoms with Crippen molar-refractivity contribution in [3.8, 4) is 0 Å². The molecule has 0 spiro atoms. The molecule has 1 heterocycles. The van der Waals surface area contributed by atoms with Crippen molar-refractivity contribution in [2.45, 2.75) is 70.4 Å². The van der Waals surface area contributed by atoms with Crippen LogP contribution < -0.4 is 5.73 Å². The molecule has 1 aliphatic heterocycles. The van der Waals surface area contributed by atoms with Crippen LogP contribution in [0.2, 0.25) is 0 Å². The minimum Gasteiger partial charge on any atom is -0.329 e. The predicted octanol–water partition coefficient (Wildman–Crippen LogP) is 2.70. The van der Waals surface area contributed by atoms with E-state index < -0.39 is 0 Å². The molecule has 1 aliphatic carbocycles. The monoisotopic (exact) mass is 281 g/mol. The van der Waals surface area contributed by atoms with E-state index in [1.54, 1.807) is 0 Å². The minimum absolute atomic E-state index is 0.271. The lowest BCUT2D eigenvalue weighted by Gasteiger charge is -2.43. The van der Waals surface area contributed by atoms with Gasteiger partial charge in [-0.3, -0.25) is 9.80 Å². The Bertz CT molecular complexity index is 294. The zero-order valence-electron chi connectivity index (χ0n) is 13.9. The Morgan fingerprint density at radius 3 is 2.70 bits per heavy atom. The number of rotatable bonds is 5. The molecule has 3 heteroatoms. The zero-order chi connectivity index (χ0) is 14.6. The van der Waals surface area contributed by atoms with E-state index in [0.717, 1.165) is 18.5 Å². The van der Waals surface area contributed by atoms with Crippen LogP contribution in [0.5, 0.6) is 0 Å². The summed E-state index contributed by atoms with van der Waals surface area (Å²) in [6.45, 7) is 9.23. The molecule has 2 rings (SSSR count). The molecule has 118 valence electrons. The average Bonchev–Trinajstić information content (AvgIpc) is 2.80. The van der Waals surface area contributed by atoms with Crippen molar-refractivity contribution in [3.63, 3.8) is 0 Å². The van der Waals surface area contributed by atoms with Gasteiger partial charge >= 0.3 is 0 Å². The van der Waals surface area contributed by atoms with Crippen molar-refractivity contribution < 1.29 is 0 Å². The zero-order valence-corrected chi connectivity index (χ0v) is 13.9. The van der Waals surface area contributed by atoms with Gasteiger partial charge in [0.05, 0.1) is 0 Å². The SMILES string of the molecule is CCN1CCCC1CN(C)C1(CN)CCCC(C)CC1. The van der Waals surface area contributed by atoms with Crippen molar-refractivity contribution in [1.29, 1.82) is 0 Å². The fourth-order valence-electron chi connectivity index (χ4n) is 4.33. The molecule has 2 aliphatic rings. The second-order valence-corrected chi connectivity index (χ2v) is 7.27. The lowest BCUT2D eigenvalue weighted by atomic mass is 9.87. The number of nitrogens with two attached hydrogens (primary N) is 1. The largest absolute Gasteiger partial charge is 0.329 e. The Morgan fingerprint density at radius 2 is 2.00 bits per heavy atom. The molecule has 0 aromatic carbocycles. The van der Waals surface area contributed by atoms with Gasteiger partial charge in [-0.1, -0.05) is 26.7 Å². The maximum Gasteiger partial charge on any atom is 0.0329 e. The molecule has 20 heavy (non-hydrogen) atoms. The van der Waals surface area contributed by atoms with Crippen LogP contribution in [0.15, 0.2) is 0 Å². The molecule has 1 saturated carbocycles. The van der Waals surface area contributed by atoms with Gasteiger partial charge in [-0.15, -0.1) is 0 Å². The summed E-state index contributed by atoms with van der Waals surface area (Å²) in [6, 6.07) is 0.758. The molecule has 1 saturated heterocycles. The topological polar surface area (TPSA) is 32.5 Å². The molecule has 0 bridgehead atoms. The number of likely N-dealkylation sites (tertiary alicyclic amines) is 1. The van der Waals surface area contributed by atoms with Crippen LogP contribution in [-0.4, -0.2) is 54.6 Å². The van der Waals surface area contributed by atoms with Crippen molar-refractivity contribution in [2.75, 3.05) is 33.2 Å². The standard InChI is InChI=1S/C17H35N3/c1-4-20-12-6-8-16(20)13-19(3)17(14-18)10-5-7-15(2)9-11-17/h15-16H,4-14,18H2,1-3H3. The van der Waals surface area contributed by atoms with Crippen molar-refractivity contribution in [3.05, 3.63) is 0 Å². The van der Waals surface area contributed by atoms with Crippen LogP contribution in [0.4, 0.5) is 0 Å². The van der Waals surface area contributed by atoms with E-state index in [0.29, 0.717) is 0 Å². The first kappa shape index (κ1) is 16.3. The fourth-order valence-corrected chi connectivity index (χ4v) is 4.33.